The minimum absolute atomic E-state index is 0.106. The standard InChI is InChI=1S/C18H17N5O/c1-12(14-7-5-8-16(10-14)20-13(2)24)21-23-18-17-9-4-3-6-15(17)11-19-22-18/h3-11H,1-2H3,(H,20,24)(H,22,23). The molecule has 1 amide bonds. The summed E-state index contributed by atoms with van der Waals surface area (Å²) in [7, 11) is 0. The van der Waals surface area contributed by atoms with Crippen LogP contribution in [0.2, 0.25) is 0 Å². The van der Waals surface area contributed by atoms with Crippen molar-refractivity contribution < 1.29 is 4.79 Å². The van der Waals surface area contributed by atoms with Crippen molar-refractivity contribution in [3.05, 3.63) is 60.3 Å². The van der Waals surface area contributed by atoms with Crippen molar-refractivity contribution in [2.24, 2.45) is 5.10 Å². The number of hydrazone groups is 1. The maximum Gasteiger partial charge on any atom is 0.221 e. The third kappa shape index (κ3) is 3.55. The van der Waals surface area contributed by atoms with E-state index in [9.17, 15) is 4.79 Å². The molecule has 1 aromatic heterocycles. The fourth-order valence-corrected chi connectivity index (χ4v) is 2.34. The lowest BCUT2D eigenvalue weighted by Crippen LogP contribution is -2.07. The molecule has 0 atom stereocenters. The lowest BCUT2D eigenvalue weighted by Gasteiger charge is -2.07. The molecular weight excluding hydrogens is 302 g/mol. The third-order valence-electron chi connectivity index (χ3n) is 3.50. The molecule has 0 aliphatic rings. The second kappa shape index (κ2) is 6.87. The average Bonchev–Trinajstić information content (AvgIpc) is 2.59. The van der Waals surface area contributed by atoms with Crippen LogP contribution in [-0.2, 0) is 4.79 Å². The number of carbonyl (C=O) groups is 1. The van der Waals surface area contributed by atoms with Crippen molar-refractivity contribution in [3.8, 4) is 0 Å². The van der Waals surface area contributed by atoms with Crippen LogP contribution in [0, 0.1) is 0 Å². The first-order valence-electron chi connectivity index (χ1n) is 7.52. The average molecular weight is 319 g/mol. The van der Waals surface area contributed by atoms with Crippen LogP contribution in [0.5, 0.6) is 0 Å². The van der Waals surface area contributed by atoms with E-state index < -0.39 is 0 Å². The van der Waals surface area contributed by atoms with Crippen molar-refractivity contribution in [2.45, 2.75) is 13.8 Å². The monoisotopic (exact) mass is 319 g/mol. The molecule has 3 rings (SSSR count). The van der Waals surface area contributed by atoms with E-state index in [1.54, 1.807) is 6.20 Å². The molecule has 0 saturated heterocycles. The van der Waals surface area contributed by atoms with Crippen LogP contribution in [0.3, 0.4) is 0 Å². The van der Waals surface area contributed by atoms with Crippen molar-refractivity contribution in [1.82, 2.24) is 10.2 Å². The highest BCUT2D eigenvalue weighted by Gasteiger charge is 2.04. The van der Waals surface area contributed by atoms with Crippen LogP contribution in [0.25, 0.3) is 10.8 Å². The van der Waals surface area contributed by atoms with Crippen LogP contribution in [-0.4, -0.2) is 21.8 Å². The zero-order chi connectivity index (χ0) is 16.9. The maximum absolute atomic E-state index is 11.2. The SMILES string of the molecule is CC(=O)Nc1cccc(C(C)=NNc2nncc3ccccc23)c1. The summed E-state index contributed by atoms with van der Waals surface area (Å²) < 4.78 is 0. The molecule has 0 radical (unpaired) electrons. The molecule has 0 aliphatic carbocycles. The van der Waals surface area contributed by atoms with Crippen molar-refractivity contribution in [2.75, 3.05) is 10.7 Å². The molecule has 0 fully saturated rings. The number of rotatable bonds is 4. The highest BCUT2D eigenvalue weighted by molar-refractivity contribution is 6.01. The second-order valence-corrected chi connectivity index (χ2v) is 5.35. The molecule has 120 valence electrons. The highest BCUT2D eigenvalue weighted by atomic mass is 16.1. The van der Waals surface area contributed by atoms with Crippen LogP contribution in [0.1, 0.15) is 19.4 Å². The maximum atomic E-state index is 11.2. The van der Waals surface area contributed by atoms with Crippen LogP contribution in [0.4, 0.5) is 11.5 Å². The predicted octanol–water partition coefficient (Wildman–Crippen LogP) is 3.42. The summed E-state index contributed by atoms with van der Waals surface area (Å²) in [6.45, 7) is 3.37. The minimum atomic E-state index is -0.106. The number of nitrogens with one attached hydrogen (secondary N) is 2. The fraction of sp³-hybridized carbons (Fsp3) is 0.111. The Morgan fingerprint density at radius 3 is 2.75 bits per heavy atom. The quantitative estimate of drug-likeness (QED) is 0.570. The van der Waals surface area contributed by atoms with E-state index in [0.717, 1.165) is 27.7 Å². The van der Waals surface area contributed by atoms with E-state index in [-0.39, 0.29) is 5.91 Å². The van der Waals surface area contributed by atoms with Gasteiger partial charge in [0.25, 0.3) is 0 Å². The van der Waals surface area contributed by atoms with Gasteiger partial charge < -0.3 is 5.32 Å². The molecule has 2 aromatic carbocycles. The number of fused-ring (bicyclic) bond motifs is 1. The first-order chi connectivity index (χ1) is 11.6. The van der Waals surface area contributed by atoms with E-state index in [1.807, 2.05) is 55.5 Å². The summed E-state index contributed by atoms with van der Waals surface area (Å²) in [5.74, 6) is 0.497. The van der Waals surface area contributed by atoms with Gasteiger partial charge in [0.2, 0.25) is 5.91 Å². The number of hydrogen-bond acceptors (Lipinski definition) is 5. The Hall–Kier alpha value is -3.28. The minimum Gasteiger partial charge on any atom is -0.326 e. The van der Waals surface area contributed by atoms with Gasteiger partial charge >= 0.3 is 0 Å². The topological polar surface area (TPSA) is 79.3 Å². The van der Waals surface area contributed by atoms with E-state index in [1.165, 1.54) is 6.92 Å². The van der Waals surface area contributed by atoms with E-state index >= 15 is 0 Å². The fourth-order valence-electron chi connectivity index (χ4n) is 2.34. The Morgan fingerprint density at radius 1 is 1.08 bits per heavy atom. The number of nitrogens with zero attached hydrogens (tertiary/aromatic N) is 3. The zero-order valence-electron chi connectivity index (χ0n) is 13.4. The largest absolute Gasteiger partial charge is 0.326 e. The van der Waals surface area contributed by atoms with Gasteiger partial charge in [0.15, 0.2) is 5.82 Å². The van der Waals surface area contributed by atoms with Gasteiger partial charge in [0, 0.05) is 23.4 Å². The molecule has 0 spiro atoms. The number of benzene rings is 2. The molecule has 0 unspecified atom stereocenters. The van der Waals surface area contributed by atoms with Gasteiger partial charge in [-0.15, -0.1) is 5.10 Å². The van der Waals surface area contributed by atoms with Gasteiger partial charge in [0.05, 0.1) is 11.9 Å². The summed E-state index contributed by atoms with van der Waals surface area (Å²) in [5.41, 5.74) is 5.39. The van der Waals surface area contributed by atoms with Gasteiger partial charge in [-0.25, -0.2) is 0 Å². The predicted molar refractivity (Wildman–Crippen MR) is 96.1 cm³/mol. The number of aromatic nitrogens is 2. The van der Waals surface area contributed by atoms with Crippen LogP contribution < -0.4 is 10.7 Å². The first kappa shape index (κ1) is 15.6. The summed E-state index contributed by atoms with van der Waals surface area (Å²) in [5, 5.41) is 17.2. The Labute approximate surface area is 139 Å². The summed E-state index contributed by atoms with van der Waals surface area (Å²) in [6, 6.07) is 15.4. The number of anilines is 2. The van der Waals surface area contributed by atoms with Crippen LogP contribution >= 0.6 is 0 Å². The van der Waals surface area contributed by atoms with Gasteiger partial charge in [-0.05, 0) is 24.6 Å². The molecule has 2 N–H and O–H groups in total. The van der Waals surface area contributed by atoms with Gasteiger partial charge in [-0.1, -0.05) is 36.4 Å². The molecule has 0 bridgehead atoms. The second-order valence-electron chi connectivity index (χ2n) is 5.35. The molecule has 1 heterocycles. The number of hydrogen-bond donors (Lipinski definition) is 2. The molecule has 6 nitrogen and oxygen atoms in total. The molecule has 0 aliphatic heterocycles. The van der Waals surface area contributed by atoms with Crippen molar-refractivity contribution in [3.63, 3.8) is 0 Å². The summed E-state index contributed by atoms with van der Waals surface area (Å²) in [6.07, 6.45) is 1.72. The molecule has 0 saturated carbocycles. The molecule has 3 aromatic rings. The van der Waals surface area contributed by atoms with Gasteiger partial charge in [-0.3, -0.25) is 10.2 Å². The Bertz CT molecular complexity index is 915. The Morgan fingerprint density at radius 2 is 1.92 bits per heavy atom. The smallest absolute Gasteiger partial charge is 0.221 e. The molecular formula is C18H17N5O. The first-order valence-corrected chi connectivity index (χ1v) is 7.52. The van der Waals surface area contributed by atoms with E-state index in [2.05, 4.69) is 26.0 Å². The van der Waals surface area contributed by atoms with E-state index in [0.29, 0.717) is 5.82 Å². The van der Waals surface area contributed by atoms with Gasteiger partial charge in [0.1, 0.15) is 0 Å². The third-order valence-corrected chi connectivity index (χ3v) is 3.50. The zero-order valence-corrected chi connectivity index (χ0v) is 13.4. The van der Waals surface area contributed by atoms with Crippen LogP contribution in [0.15, 0.2) is 59.8 Å². The molecule has 6 heteroatoms. The number of amides is 1. The Balaban J connectivity index is 1.84. The lowest BCUT2D eigenvalue weighted by molar-refractivity contribution is -0.114. The highest BCUT2D eigenvalue weighted by Crippen LogP contribution is 2.19. The molecule has 24 heavy (non-hydrogen) atoms. The van der Waals surface area contributed by atoms with E-state index in [4.69, 9.17) is 0 Å². The summed E-state index contributed by atoms with van der Waals surface area (Å²) >= 11 is 0. The Kier molecular flexibility index (Phi) is 4.47. The number of carbonyl (C=O) groups excluding carboxylic acids is 1. The van der Waals surface area contributed by atoms with Crippen molar-refractivity contribution >= 4 is 33.9 Å². The summed E-state index contributed by atoms with van der Waals surface area (Å²) in [4.78, 5) is 11.2. The normalized spacial score (nSPS) is 11.3. The lowest BCUT2D eigenvalue weighted by atomic mass is 10.1. The van der Waals surface area contributed by atoms with Gasteiger partial charge in [-0.2, -0.15) is 10.2 Å². The van der Waals surface area contributed by atoms with Crippen molar-refractivity contribution in [1.29, 1.82) is 0 Å².